The van der Waals surface area contributed by atoms with Crippen LogP contribution in [0.4, 0.5) is 0 Å². The van der Waals surface area contributed by atoms with Crippen LogP contribution in [0, 0.1) is 6.92 Å². The molecule has 0 spiro atoms. The molecule has 0 aliphatic heterocycles. The lowest BCUT2D eigenvalue weighted by Crippen LogP contribution is -2.38. The van der Waals surface area contributed by atoms with Gasteiger partial charge in [0.25, 0.3) is 0 Å². The van der Waals surface area contributed by atoms with Crippen LogP contribution in [0.1, 0.15) is 23.1 Å². The summed E-state index contributed by atoms with van der Waals surface area (Å²) in [6, 6.07) is 13.1. The average Bonchev–Trinajstić information content (AvgIpc) is 3.11. The third-order valence-electron chi connectivity index (χ3n) is 4.12. The molecule has 0 bridgehead atoms. The standard InChI is InChI=1S/C20H23N5O2/c1-14-7-6-8-15(13-14)18(25(2)3)20(26)22-12-10-17-23-19(24-27-17)16-9-4-5-11-21-16/h4-9,11,13,18H,10,12H2,1-3H3,(H,22,26). The van der Waals surface area contributed by atoms with Crippen molar-refractivity contribution in [3.05, 3.63) is 65.7 Å². The van der Waals surface area contributed by atoms with E-state index in [9.17, 15) is 4.79 Å². The van der Waals surface area contributed by atoms with Crippen molar-refractivity contribution >= 4 is 5.91 Å². The Hall–Kier alpha value is -3.06. The second-order valence-corrected chi connectivity index (χ2v) is 6.55. The van der Waals surface area contributed by atoms with Gasteiger partial charge in [-0.15, -0.1) is 0 Å². The minimum atomic E-state index is -0.350. The summed E-state index contributed by atoms with van der Waals surface area (Å²) >= 11 is 0. The molecular formula is C20H23N5O2. The number of pyridine rings is 1. The summed E-state index contributed by atoms with van der Waals surface area (Å²) in [5, 5.41) is 6.89. The van der Waals surface area contributed by atoms with Gasteiger partial charge in [0.1, 0.15) is 11.7 Å². The number of amides is 1. The predicted molar refractivity (Wildman–Crippen MR) is 102 cm³/mol. The number of likely N-dealkylation sites (N-methyl/N-ethyl adjacent to an activating group) is 1. The summed E-state index contributed by atoms with van der Waals surface area (Å²) in [6.45, 7) is 2.43. The third kappa shape index (κ3) is 4.77. The molecule has 1 N–H and O–H groups in total. The highest BCUT2D eigenvalue weighted by atomic mass is 16.5. The van der Waals surface area contributed by atoms with Crippen LogP contribution in [0.25, 0.3) is 11.5 Å². The summed E-state index contributed by atoms with van der Waals surface area (Å²) in [5.74, 6) is 0.853. The summed E-state index contributed by atoms with van der Waals surface area (Å²) in [6.07, 6.45) is 2.14. The van der Waals surface area contributed by atoms with E-state index in [1.807, 2.05) is 68.4 Å². The van der Waals surface area contributed by atoms with Gasteiger partial charge in [-0.3, -0.25) is 14.7 Å². The van der Waals surface area contributed by atoms with Crippen molar-refractivity contribution in [2.75, 3.05) is 20.6 Å². The topological polar surface area (TPSA) is 84.2 Å². The second kappa shape index (κ2) is 8.55. The van der Waals surface area contributed by atoms with E-state index in [1.165, 1.54) is 0 Å². The van der Waals surface area contributed by atoms with E-state index in [4.69, 9.17) is 4.52 Å². The molecule has 0 saturated heterocycles. The number of rotatable bonds is 7. The highest BCUT2D eigenvalue weighted by Crippen LogP contribution is 2.19. The monoisotopic (exact) mass is 365 g/mol. The minimum Gasteiger partial charge on any atom is -0.354 e. The fraction of sp³-hybridized carbons (Fsp3) is 0.300. The zero-order chi connectivity index (χ0) is 19.2. The number of hydrogen-bond donors (Lipinski definition) is 1. The number of nitrogens with zero attached hydrogens (tertiary/aromatic N) is 4. The molecule has 2 aromatic heterocycles. The van der Waals surface area contributed by atoms with Crippen LogP contribution >= 0.6 is 0 Å². The van der Waals surface area contributed by atoms with Crippen LogP contribution < -0.4 is 5.32 Å². The molecule has 3 aromatic rings. The maximum atomic E-state index is 12.7. The molecule has 1 atom stereocenters. The molecule has 1 aromatic carbocycles. The predicted octanol–water partition coefficient (Wildman–Crippen LogP) is 2.40. The van der Waals surface area contributed by atoms with Crippen LogP contribution in [0.2, 0.25) is 0 Å². The number of aromatic nitrogens is 3. The first-order valence-corrected chi connectivity index (χ1v) is 8.79. The van der Waals surface area contributed by atoms with Gasteiger partial charge in [0.05, 0.1) is 0 Å². The maximum Gasteiger partial charge on any atom is 0.241 e. The zero-order valence-electron chi connectivity index (χ0n) is 15.7. The van der Waals surface area contributed by atoms with E-state index < -0.39 is 0 Å². The van der Waals surface area contributed by atoms with Gasteiger partial charge in [-0.05, 0) is 38.7 Å². The number of benzene rings is 1. The molecule has 7 heteroatoms. The van der Waals surface area contributed by atoms with Gasteiger partial charge in [-0.1, -0.05) is 41.1 Å². The van der Waals surface area contributed by atoms with Crippen LogP contribution in [-0.2, 0) is 11.2 Å². The molecule has 27 heavy (non-hydrogen) atoms. The van der Waals surface area contributed by atoms with Crippen LogP contribution in [0.15, 0.2) is 53.2 Å². The van der Waals surface area contributed by atoms with Gasteiger partial charge < -0.3 is 9.84 Å². The molecule has 1 unspecified atom stereocenters. The quantitative estimate of drug-likeness (QED) is 0.692. The minimum absolute atomic E-state index is 0.0601. The van der Waals surface area contributed by atoms with Crippen molar-refractivity contribution in [2.45, 2.75) is 19.4 Å². The molecule has 3 rings (SSSR count). The fourth-order valence-corrected chi connectivity index (χ4v) is 2.87. The number of aryl methyl sites for hydroxylation is 1. The Labute approximate surface area is 158 Å². The lowest BCUT2D eigenvalue weighted by atomic mass is 10.0. The first kappa shape index (κ1) is 18.7. The Morgan fingerprint density at radius 1 is 1.22 bits per heavy atom. The summed E-state index contributed by atoms with van der Waals surface area (Å²) in [7, 11) is 3.79. The Kier molecular flexibility index (Phi) is 5.93. The lowest BCUT2D eigenvalue weighted by Gasteiger charge is -2.24. The molecule has 0 radical (unpaired) electrons. The third-order valence-corrected chi connectivity index (χ3v) is 4.12. The zero-order valence-corrected chi connectivity index (χ0v) is 15.7. The first-order chi connectivity index (χ1) is 13.0. The number of hydrogen-bond acceptors (Lipinski definition) is 6. The van der Waals surface area contributed by atoms with Crippen LogP contribution in [0.5, 0.6) is 0 Å². The highest BCUT2D eigenvalue weighted by molar-refractivity contribution is 5.83. The molecule has 140 valence electrons. The lowest BCUT2D eigenvalue weighted by molar-refractivity contribution is -0.125. The van der Waals surface area contributed by atoms with Crippen LogP contribution in [0.3, 0.4) is 0 Å². The van der Waals surface area contributed by atoms with Gasteiger partial charge in [0, 0.05) is 19.2 Å². The average molecular weight is 365 g/mol. The van der Waals surface area contributed by atoms with Gasteiger partial charge in [0.15, 0.2) is 0 Å². The van der Waals surface area contributed by atoms with Crippen molar-refractivity contribution in [1.82, 2.24) is 25.3 Å². The molecule has 0 aliphatic rings. The summed E-state index contributed by atoms with van der Waals surface area (Å²) in [5.41, 5.74) is 2.75. The van der Waals surface area contributed by atoms with E-state index in [0.29, 0.717) is 30.4 Å². The molecule has 0 saturated carbocycles. The molecule has 0 fully saturated rings. The normalized spacial score (nSPS) is 12.1. The second-order valence-electron chi connectivity index (χ2n) is 6.55. The van der Waals surface area contributed by atoms with Crippen molar-refractivity contribution in [2.24, 2.45) is 0 Å². The van der Waals surface area contributed by atoms with Gasteiger partial charge in [0.2, 0.25) is 17.6 Å². The largest absolute Gasteiger partial charge is 0.354 e. The van der Waals surface area contributed by atoms with Crippen molar-refractivity contribution in [3.8, 4) is 11.5 Å². The Morgan fingerprint density at radius 3 is 2.78 bits per heavy atom. The van der Waals surface area contributed by atoms with E-state index in [2.05, 4.69) is 20.4 Å². The van der Waals surface area contributed by atoms with Crippen molar-refractivity contribution in [1.29, 1.82) is 0 Å². The highest BCUT2D eigenvalue weighted by Gasteiger charge is 2.22. The molecule has 1 amide bonds. The number of nitrogens with one attached hydrogen (secondary N) is 1. The first-order valence-electron chi connectivity index (χ1n) is 8.79. The molecule has 2 heterocycles. The Balaban J connectivity index is 1.59. The summed E-state index contributed by atoms with van der Waals surface area (Å²) in [4.78, 5) is 23.1. The smallest absolute Gasteiger partial charge is 0.241 e. The van der Waals surface area contributed by atoms with Crippen LogP contribution in [-0.4, -0.2) is 46.6 Å². The van der Waals surface area contributed by atoms with Gasteiger partial charge in [-0.25, -0.2) is 0 Å². The summed E-state index contributed by atoms with van der Waals surface area (Å²) < 4.78 is 5.25. The number of carbonyl (C=O) groups excluding carboxylic acids is 1. The van der Waals surface area contributed by atoms with E-state index in [1.54, 1.807) is 6.20 Å². The van der Waals surface area contributed by atoms with Gasteiger partial charge in [-0.2, -0.15) is 4.98 Å². The SMILES string of the molecule is Cc1cccc(C(C(=O)NCCc2nc(-c3ccccn3)no2)N(C)C)c1. The fourth-order valence-electron chi connectivity index (χ4n) is 2.87. The Bertz CT molecular complexity index is 892. The Morgan fingerprint density at radius 2 is 2.07 bits per heavy atom. The van der Waals surface area contributed by atoms with Gasteiger partial charge >= 0.3 is 0 Å². The van der Waals surface area contributed by atoms with Crippen molar-refractivity contribution < 1.29 is 9.32 Å². The molecule has 7 nitrogen and oxygen atoms in total. The van der Waals surface area contributed by atoms with E-state index in [-0.39, 0.29) is 11.9 Å². The maximum absolute atomic E-state index is 12.7. The van der Waals surface area contributed by atoms with E-state index >= 15 is 0 Å². The van der Waals surface area contributed by atoms with Crippen molar-refractivity contribution in [3.63, 3.8) is 0 Å². The van der Waals surface area contributed by atoms with E-state index in [0.717, 1.165) is 11.1 Å². The molecular weight excluding hydrogens is 342 g/mol. The molecule has 0 aliphatic carbocycles. The number of carbonyl (C=O) groups is 1.